The van der Waals surface area contributed by atoms with Crippen LogP contribution in [0.2, 0.25) is 0 Å². The lowest BCUT2D eigenvalue weighted by molar-refractivity contribution is -0.149. The smallest absolute Gasteiger partial charge is 0.389 e. The summed E-state index contributed by atoms with van der Waals surface area (Å²) < 4.78 is 40.6. The number of esters is 1. The maximum Gasteiger partial charge on any atom is 0.389 e. The summed E-state index contributed by atoms with van der Waals surface area (Å²) in [5.74, 6) is -1.53. The fraction of sp³-hybridized carbons (Fsp3) is 0.833. The minimum Gasteiger partial charge on any atom is -0.469 e. The molecule has 1 amide bonds. The molecule has 0 aromatic rings. The summed E-state index contributed by atoms with van der Waals surface area (Å²) >= 11 is 0. The normalized spacial score (nSPS) is 23.8. The first-order valence-electron chi connectivity index (χ1n) is 6.27. The molecule has 1 rings (SSSR count). The van der Waals surface area contributed by atoms with E-state index in [4.69, 9.17) is 0 Å². The highest BCUT2D eigenvalue weighted by atomic mass is 19.4. The van der Waals surface area contributed by atoms with Crippen molar-refractivity contribution in [2.24, 2.45) is 5.92 Å². The zero-order chi connectivity index (χ0) is 14.5. The second-order valence-electron chi connectivity index (χ2n) is 4.70. The van der Waals surface area contributed by atoms with Crippen LogP contribution in [0.25, 0.3) is 0 Å². The zero-order valence-electron chi connectivity index (χ0n) is 10.8. The van der Waals surface area contributed by atoms with Crippen LogP contribution < -0.4 is 5.32 Å². The van der Waals surface area contributed by atoms with Gasteiger partial charge in [-0.2, -0.15) is 13.2 Å². The van der Waals surface area contributed by atoms with Crippen LogP contribution >= 0.6 is 0 Å². The van der Waals surface area contributed by atoms with Gasteiger partial charge in [0.05, 0.1) is 19.4 Å². The van der Waals surface area contributed by atoms with Gasteiger partial charge in [-0.15, -0.1) is 0 Å². The average Bonchev–Trinajstić information content (AvgIpc) is 2.35. The fourth-order valence-electron chi connectivity index (χ4n) is 2.27. The Morgan fingerprint density at radius 3 is 2.47 bits per heavy atom. The van der Waals surface area contributed by atoms with Gasteiger partial charge in [0.2, 0.25) is 5.91 Å². The lowest BCUT2D eigenvalue weighted by Gasteiger charge is -2.30. The molecule has 0 heterocycles. The molecule has 2 unspecified atom stereocenters. The van der Waals surface area contributed by atoms with E-state index < -0.39 is 42.9 Å². The van der Waals surface area contributed by atoms with Crippen LogP contribution in [0.1, 0.15) is 38.5 Å². The van der Waals surface area contributed by atoms with Gasteiger partial charge in [-0.3, -0.25) is 9.59 Å². The van der Waals surface area contributed by atoms with Crippen LogP contribution in [0.15, 0.2) is 0 Å². The third-order valence-corrected chi connectivity index (χ3v) is 3.25. The van der Waals surface area contributed by atoms with E-state index in [1.807, 2.05) is 0 Å². The molecular weight excluding hydrogens is 263 g/mol. The van der Waals surface area contributed by atoms with Crippen molar-refractivity contribution in [3.05, 3.63) is 0 Å². The van der Waals surface area contributed by atoms with Crippen molar-refractivity contribution in [3.8, 4) is 0 Å². The Morgan fingerprint density at radius 2 is 1.89 bits per heavy atom. The number of amides is 1. The molecule has 1 N–H and O–H groups in total. The van der Waals surface area contributed by atoms with Crippen molar-refractivity contribution in [2.45, 2.75) is 50.7 Å². The largest absolute Gasteiger partial charge is 0.469 e. The molecule has 2 atom stereocenters. The average molecular weight is 281 g/mol. The van der Waals surface area contributed by atoms with Crippen molar-refractivity contribution in [1.29, 1.82) is 0 Å². The molecule has 1 fully saturated rings. The molecule has 0 spiro atoms. The molecule has 0 aromatic carbocycles. The SMILES string of the molecule is COC(=O)C1CCCCC1NC(=O)CCC(F)(F)F. The van der Waals surface area contributed by atoms with Gasteiger partial charge in [0.15, 0.2) is 0 Å². The maximum atomic E-state index is 12.0. The van der Waals surface area contributed by atoms with Crippen LogP contribution in [0.5, 0.6) is 0 Å². The van der Waals surface area contributed by atoms with E-state index in [2.05, 4.69) is 10.1 Å². The molecule has 110 valence electrons. The number of carbonyl (C=O) groups excluding carboxylic acids is 2. The second kappa shape index (κ2) is 6.77. The molecule has 7 heteroatoms. The van der Waals surface area contributed by atoms with E-state index >= 15 is 0 Å². The molecule has 0 aliphatic heterocycles. The van der Waals surface area contributed by atoms with E-state index in [0.717, 1.165) is 12.8 Å². The quantitative estimate of drug-likeness (QED) is 0.804. The van der Waals surface area contributed by atoms with Crippen molar-refractivity contribution in [2.75, 3.05) is 7.11 Å². The van der Waals surface area contributed by atoms with Crippen molar-refractivity contribution < 1.29 is 27.5 Å². The number of carbonyl (C=O) groups is 2. The van der Waals surface area contributed by atoms with Gasteiger partial charge in [0.1, 0.15) is 0 Å². The molecule has 0 radical (unpaired) electrons. The minimum absolute atomic E-state index is 0.415. The molecule has 0 aromatic heterocycles. The topological polar surface area (TPSA) is 55.4 Å². The molecule has 4 nitrogen and oxygen atoms in total. The molecule has 0 saturated heterocycles. The third kappa shape index (κ3) is 5.48. The third-order valence-electron chi connectivity index (χ3n) is 3.25. The molecule has 1 saturated carbocycles. The summed E-state index contributed by atoms with van der Waals surface area (Å²) in [4.78, 5) is 23.0. The van der Waals surface area contributed by atoms with E-state index in [-0.39, 0.29) is 0 Å². The molecule has 0 bridgehead atoms. The summed E-state index contributed by atoms with van der Waals surface area (Å²) in [6.07, 6.45) is -3.20. The summed E-state index contributed by atoms with van der Waals surface area (Å²) in [6.45, 7) is 0. The van der Waals surface area contributed by atoms with Crippen molar-refractivity contribution in [3.63, 3.8) is 0 Å². The monoisotopic (exact) mass is 281 g/mol. The number of nitrogens with one attached hydrogen (secondary N) is 1. The van der Waals surface area contributed by atoms with Crippen LogP contribution in [0.4, 0.5) is 13.2 Å². The summed E-state index contributed by atoms with van der Waals surface area (Å²) in [6, 6.07) is -0.415. The Labute approximate surface area is 109 Å². The highest BCUT2D eigenvalue weighted by Crippen LogP contribution is 2.26. The van der Waals surface area contributed by atoms with Gasteiger partial charge in [-0.25, -0.2) is 0 Å². The first-order chi connectivity index (χ1) is 8.83. The highest BCUT2D eigenvalue weighted by molar-refractivity contribution is 5.78. The van der Waals surface area contributed by atoms with E-state index in [1.165, 1.54) is 7.11 Å². The first kappa shape index (κ1) is 15.8. The summed E-state index contributed by atoms with van der Waals surface area (Å²) in [5, 5.41) is 2.52. The first-order valence-corrected chi connectivity index (χ1v) is 6.27. The number of methoxy groups -OCH3 is 1. The Kier molecular flexibility index (Phi) is 5.62. The molecule has 19 heavy (non-hydrogen) atoms. The fourth-order valence-corrected chi connectivity index (χ4v) is 2.27. The Bertz CT molecular complexity index is 331. The van der Waals surface area contributed by atoms with Gasteiger partial charge in [-0.05, 0) is 12.8 Å². The second-order valence-corrected chi connectivity index (χ2v) is 4.70. The van der Waals surface area contributed by atoms with E-state index in [1.54, 1.807) is 0 Å². The lowest BCUT2D eigenvalue weighted by atomic mass is 9.84. The Balaban J connectivity index is 2.48. The molecule has 1 aliphatic rings. The van der Waals surface area contributed by atoms with Gasteiger partial charge in [0.25, 0.3) is 0 Å². The van der Waals surface area contributed by atoms with E-state index in [0.29, 0.717) is 12.8 Å². The van der Waals surface area contributed by atoms with Crippen LogP contribution in [-0.2, 0) is 14.3 Å². The lowest BCUT2D eigenvalue weighted by Crippen LogP contribution is -2.45. The van der Waals surface area contributed by atoms with Crippen LogP contribution in [0, 0.1) is 5.92 Å². The van der Waals surface area contributed by atoms with Crippen molar-refractivity contribution in [1.82, 2.24) is 5.32 Å². The van der Waals surface area contributed by atoms with Gasteiger partial charge in [0, 0.05) is 12.5 Å². The van der Waals surface area contributed by atoms with Gasteiger partial charge >= 0.3 is 12.1 Å². The van der Waals surface area contributed by atoms with Gasteiger partial charge < -0.3 is 10.1 Å². The van der Waals surface area contributed by atoms with Crippen LogP contribution in [-0.4, -0.2) is 31.2 Å². The number of alkyl halides is 3. The van der Waals surface area contributed by atoms with E-state index in [9.17, 15) is 22.8 Å². The predicted octanol–water partition coefficient (Wildman–Crippen LogP) is 2.18. The minimum atomic E-state index is -4.34. The Morgan fingerprint density at radius 1 is 1.26 bits per heavy atom. The van der Waals surface area contributed by atoms with Crippen LogP contribution in [0.3, 0.4) is 0 Å². The number of rotatable bonds is 4. The standard InChI is InChI=1S/C12H18F3NO3/c1-19-11(18)8-4-2-3-5-9(8)16-10(17)6-7-12(13,14)15/h8-9H,2-7H2,1H3,(H,16,17). The zero-order valence-corrected chi connectivity index (χ0v) is 10.8. The van der Waals surface area contributed by atoms with Crippen molar-refractivity contribution >= 4 is 11.9 Å². The number of hydrogen-bond donors (Lipinski definition) is 1. The molecular formula is C12H18F3NO3. The Hall–Kier alpha value is -1.27. The number of halogens is 3. The number of hydrogen-bond acceptors (Lipinski definition) is 3. The summed E-state index contributed by atoms with van der Waals surface area (Å²) in [5.41, 5.74) is 0. The number of ether oxygens (including phenoxy) is 1. The van der Waals surface area contributed by atoms with Gasteiger partial charge in [-0.1, -0.05) is 12.8 Å². The maximum absolute atomic E-state index is 12.0. The highest BCUT2D eigenvalue weighted by Gasteiger charge is 2.34. The summed E-state index contributed by atoms with van der Waals surface area (Å²) in [7, 11) is 1.26. The molecule has 1 aliphatic carbocycles. The predicted molar refractivity (Wildman–Crippen MR) is 61.2 cm³/mol.